The summed E-state index contributed by atoms with van der Waals surface area (Å²) in [5.74, 6) is -0.995. The van der Waals surface area contributed by atoms with E-state index >= 15 is 0 Å². The summed E-state index contributed by atoms with van der Waals surface area (Å²) in [5.41, 5.74) is 0.609. The highest BCUT2D eigenvalue weighted by molar-refractivity contribution is 5.75. The highest BCUT2D eigenvalue weighted by atomic mass is 19.1. The topological polar surface area (TPSA) is 69.4 Å². The Bertz CT molecular complexity index is 685. The first-order valence-electron chi connectivity index (χ1n) is 5.69. The Hall–Kier alpha value is -2.76. The lowest BCUT2D eigenvalue weighted by molar-refractivity contribution is -0.385. The first-order valence-corrected chi connectivity index (χ1v) is 5.69. The van der Waals surface area contributed by atoms with E-state index in [1.807, 2.05) is 0 Å². The molecule has 0 aliphatic heterocycles. The van der Waals surface area contributed by atoms with Gasteiger partial charge in [-0.25, -0.2) is 4.39 Å². The minimum absolute atomic E-state index is 0.0571. The van der Waals surface area contributed by atoms with Crippen LogP contribution in [0.25, 0.3) is 0 Å². The van der Waals surface area contributed by atoms with Gasteiger partial charge in [0.2, 0.25) is 5.75 Å². The number of nitro benzene ring substituents is 1. The molecule has 0 N–H and O–H groups in total. The Morgan fingerprint density at radius 3 is 2.50 bits per heavy atom. The molecular formula is C14H10FNO4. The second-order valence-electron chi connectivity index (χ2n) is 4.14. The second-order valence-corrected chi connectivity index (χ2v) is 4.14. The molecule has 20 heavy (non-hydrogen) atoms. The van der Waals surface area contributed by atoms with Gasteiger partial charge in [-0.2, -0.15) is 0 Å². The molecule has 0 atom stereocenters. The van der Waals surface area contributed by atoms with Crippen molar-refractivity contribution in [3.05, 3.63) is 63.5 Å². The molecule has 0 saturated heterocycles. The molecule has 0 aliphatic carbocycles. The summed E-state index contributed by atoms with van der Waals surface area (Å²) in [5, 5.41) is 10.9. The van der Waals surface area contributed by atoms with Crippen LogP contribution < -0.4 is 4.74 Å². The number of benzene rings is 2. The summed E-state index contributed by atoms with van der Waals surface area (Å²) in [7, 11) is 0. The van der Waals surface area contributed by atoms with Gasteiger partial charge in [-0.15, -0.1) is 0 Å². The van der Waals surface area contributed by atoms with Crippen molar-refractivity contribution >= 4 is 12.0 Å². The molecule has 2 aromatic rings. The van der Waals surface area contributed by atoms with E-state index in [0.717, 1.165) is 6.07 Å². The van der Waals surface area contributed by atoms with Crippen molar-refractivity contribution in [2.75, 3.05) is 0 Å². The molecule has 0 radical (unpaired) electrons. The number of aldehydes is 1. The third kappa shape index (κ3) is 2.80. The number of hydrogen-bond donors (Lipinski definition) is 0. The van der Waals surface area contributed by atoms with E-state index in [1.54, 1.807) is 13.0 Å². The van der Waals surface area contributed by atoms with Crippen LogP contribution in [0.2, 0.25) is 0 Å². The molecule has 6 heteroatoms. The minimum atomic E-state index is -0.760. The van der Waals surface area contributed by atoms with Gasteiger partial charge in [0, 0.05) is 11.6 Å². The summed E-state index contributed by atoms with van der Waals surface area (Å²) < 4.78 is 18.9. The summed E-state index contributed by atoms with van der Waals surface area (Å²) in [6, 6.07) is 7.99. The third-order valence-corrected chi connectivity index (χ3v) is 2.62. The lowest BCUT2D eigenvalue weighted by Gasteiger charge is -2.08. The first kappa shape index (κ1) is 13.7. The van der Waals surface area contributed by atoms with Gasteiger partial charge in [0.1, 0.15) is 6.29 Å². The predicted molar refractivity (Wildman–Crippen MR) is 69.7 cm³/mol. The van der Waals surface area contributed by atoms with Gasteiger partial charge in [-0.05, 0) is 36.8 Å². The summed E-state index contributed by atoms with van der Waals surface area (Å²) in [6.07, 6.45) is 0.501. The lowest BCUT2D eigenvalue weighted by atomic mass is 10.2. The standard InChI is InChI=1S/C14H10FNO4/c1-9-2-4-14(12(6-9)16(18)19)20-13-5-3-10(8-17)7-11(13)15/h2-8H,1H3. The van der Waals surface area contributed by atoms with E-state index in [-0.39, 0.29) is 22.7 Å². The van der Waals surface area contributed by atoms with E-state index in [2.05, 4.69) is 0 Å². The highest BCUT2D eigenvalue weighted by Crippen LogP contribution is 2.33. The van der Waals surface area contributed by atoms with Crippen molar-refractivity contribution in [1.82, 2.24) is 0 Å². The molecule has 0 amide bonds. The van der Waals surface area contributed by atoms with E-state index in [9.17, 15) is 19.3 Å². The Balaban J connectivity index is 2.39. The first-order chi connectivity index (χ1) is 9.51. The minimum Gasteiger partial charge on any atom is -0.447 e. The predicted octanol–water partition coefficient (Wildman–Crippen LogP) is 3.65. The second kappa shape index (κ2) is 5.48. The molecule has 0 fully saturated rings. The van der Waals surface area contributed by atoms with Gasteiger partial charge < -0.3 is 4.74 Å². The highest BCUT2D eigenvalue weighted by Gasteiger charge is 2.17. The van der Waals surface area contributed by atoms with Crippen molar-refractivity contribution in [3.8, 4) is 11.5 Å². The number of carbonyl (C=O) groups is 1. The van der Waals surface area contributed by atoms with Crippen molar-refractivity contribution in [2.24, 2.45) is 0 Å². The van der Waals surface area contributed by atoms with Gasteiger partial charge >= 0.3 is 5.69 Å². The molecule has 5 nitrogen and oxygen atoms in total. The van der Waals surface area contributed by atoms with Crippen molar-refractivity contribution < 1.29 is 18.8 Å². The van der Waals surface area contributed by atoms with Gasteiger partial charge in [-0.1, -0.05) is 6.07 Å². The van der Waals surface area contributed by atoms with Crippen LogP contribution in [0.4, 0.5) is 10.1 Å². The number of ether oxygens (including phenoxy) is 1. The summed E-state index contributed by atoms with van der Waals surface area (Å²) in [6.45, 7) is 1.70. The van der Waals surface area contributed by atoms with Crippen LogP contribution in [0.5, 0.6) is 11.5 Å². The number of halogens is 1. The van der Waals surface area contributed by atoms with Crippen LogP contribution in [-0.4, -0.2) is 11.2 Å². The number of nitro groups is 1. The number of aryl methyl sites for hydroxylation is 1. The Labute approximate surface area is 113 Å². The van der Waals surface area contributed by atoms with E-state index < -0.39 is 10.7 Å². The van der Waals surface area contributed by atoms with Crippen molar-refractivity contribution in [2.45, 2.75) is 6.92 Å². The summed E-state index contributed by atoms with van der Waals surface area (Å²) in [4.78, 5) is 20.9. The van der Waals surface area contributed by atoms with Crippen LogP contribution >= 0.6 is 0 Å². The normalized spacial score (nSPS) is 10.1. The zero-order valence-corrected chi connectivity index (χ0v) is 10.5. The number of rotatable bonds is 4. The fourth-order valence-electron chi connectivity index (χ4n) is 1.65. The van der Waals surface area contributed by atoms with Gasteiger partial charge in [0.25, 0.3) is 0 Å². The average Bonchev–Trinajstić information content (AvgIpc) is 2.42. The van der Waals surface area contributed by atoms with Crippen LogP contribution in [0, 0.1) is 22.9 Å². The molecule has 102 valence electrons. The van der Waals surface area contributed by atoms with Gasteiger partial charge in [-0.3, -0.25) is 14.9 Å². The van der Waals surface area contributed by atoms with E-state index in [0.29, 0.717) is 11.8 Å². The Morgan fingerprint density at radius 2 is 1.90 bits per heavy atom. The van der Waals surface area contributed by atoms with Gasteiger partial charge in [0.05, 0.1) is 4.92 Å². The van der Waals surface area contributed by atoms with E-state index in [1.165, 1.54) is 24.3 Å². The molecule has 0 heterocycles. The van der Waals surface area contributed by atoms with Crippen molar-refractivity contribution in [1.29, 1.82) is 0 Å². The zero-order valence-electron chi connectivity index (χ0n) is 10.5. The Kier molecular flexibility index (Phi) is 3.74. The van der Waals surface area contributed by atoms with Crippen LogP contribution in [0.15, 0.2) is 36.4 Å². The third-order valence-electron chi connectivity index (χ3n) is 2.62. The monoisotopic (exact) mass is 275 g/mol. The SMILES string of the molecule is Cc1ccc(Oc2ccc(C=O)cc2F)c([N+](=O)[O-])c1. The maximum Gasteiger partial charge on any atom is 0.311 e. The zero-order chi connectivity index (χ0) is 14.7. The van der Waals surface area contributed by atoms with Crippen LogP contribution in [0.1, 0.15) is 15.9 Å². The fraction of sp³-hybridized carbons (Fsp3) is 0.0714. The molecule has 0 saturated carbocycles. The van der Waals surface area contributed by atoms with Crippen LogP contribution in [-0.2, 0) is 0 Å². The van der Waals surface area contributed by atoms with Crippen LogP contribution in [0.3, 0.4) is 0 Å². The van der Waals surface area contributed by atoms with E-state index in [4.69, 9.17) is 4.74 Å². The lowest BCUT2D eigenvalue weighted by Crippen LogP contribution is -1.96. The molecular weight excluding hydrogens is 265 g/mol. The number of carbonyl (C=O) groups excluding carboxylic acids is 1. The Morgan fingerprint density at radius 1 is 1.20 bits per heavy atom. The molecule has 0 unspecified atom stereocenters. The summed E-state index contributed by atoms with van der Waals surface area (Å²) >= 11 is 0. The number of nitrogens with zero attached hydrogens (tertiary/aromatic N) is 1. The quantitative estimate of drug-likeness (QED) is 0.485. The number of hydrogen-bond acceptors (Lipinski definition) is 4. The molecule has 0 bridgehead atoms. The average molecular weight is 275 g/mol. The maximum atomic E-state index is 13.7. The molecule has 2 aromatic carbocycles. The fourth-order valence-corrected chi connectivity index (χ4v) is 1.65. The molecule has 0 aliphatic rings. The molecule has 2 rings (SSSR count). The largest absolute Gasteiger partial charge is 0.447 e. The maximum absolute atomic E-state index is 13.7. The molecule has 0 aromatic heterocycles. The molecule has 0 spiro atoms. The smallest absolute Gasteiger partial charge is 0.311 e. The van der Waals surface area contributed by atoms with Gasteiger partial charge in [0.15, 0.2) is 11.6 Å². The van der Waals surface area contributed by atoms with Crippen molar-refractivity contribution in [3.63, 3.8) is 0 Å².